The summed E-state index contributed by atoms with van der Waals surface area (Å²) >= 11 is 0. The first-order valence-corrected chi connectivity index (χ1v) is 6.55. The minimum absolute atomic E-state index is 0.111. The van der Waals surface area contributed by atoms with Gasteiger partial charge in [0.2, 0.25) is 0 Å². The summed E-state index contributed by atoms with van der Waals surface area (Å²) in [7, 11) is 3.33. The minimum atomic E-state index is -0.188. The predicted molar refractivity (Wildman–Crippen MR) is 69.8 cm³/mol. The molecule has 1 saturated carbocycles. The molecule has 17 heavy (non-hydrogen) atoms. The monoisotopic (exact) mass is 244 g/mol. The van der Waals surface area contributed by atoms with Crippen molar-refractivity contribution in [3.8, 4) is 0 Å². The molecule has 0 bridgehead atoms. The number of nitrogens with two attached hydrogens (primary N) is 1. The van der Waals surface area contributed by atoms with Crippen LogP contribution in [0.5, 0.6) is 0 Å². The van der Waals surface area contributed by atoms with Gasteiger partial charge in [0, 0.05) is 32.7 Å². The molecule has 4 heteroatoms. The van der Waals surface area contributed by atoms with Crippen LogP contribution < -0.4 is 11.1 Å². The molecular weight excluding hydrogens is 216 g/mol. The topological polar surface area (TPSA) is 56.5 Å². The van der Waals surface area contributed by atoms with E-state index in [4.69, 9.17) is 15.2 Å². The zero-order valence-corrected chi connectivity index (χ0v) is 11.7. The van der Waals surface area contributed by atoms with Gasteiger partial charge in [-0.25, -0.2) is 0 Å². The molecule has 2 atom stereocenters. The summed E-state index contributed by atoms with van der Waals surface area (Å²) in [5.74, 6) is 1.66. The third-order valence-electron chi connectivity index (χ3n) is 3.87. The molecule has 0 radical (unpaired) electrons. The Balaban J connectivity index is 2.37. The van der Waals surface area contributed by atoms with Crippen LogP contribution in [0.4, 0.5) is 0 Å². The van der Waals surface area contributed by atoms with E-state index >= 15 is 0 Å². The van der Waals surface area contributed by atoms with Gasteiger partial charge < -0.3 is 20.5 Å². The first-order chi connectivity index (χ1) is 8.04. The quantitative estimate of drug-likeness (QED) is 0.601. The smallest absolute Gasteiger partial charge is 0.158 e. The van der Waals surface area contributed by atoms with Gasteiger partial charge in [-0.1, -0.05) is 6.92 Å². The van der Waals surface area contributed by atoms with Gasteiger partial charge in [0.15, 0.2) is 6.29 Å². The highest BCUT2D eigenvalue weighted by molar-refractivity contribution is 4.88. The molecule has 2 unspecified atom stereocenters. The Bertz CT molecular complexity index is 217. The SMILES string of the molecule is COC(CC(C)(CN)NCC(C)C1CC1)OC. The van der Waals surface area contributed by atoms with E-state index in [2.05, 4.69) is 19.2 Å². The Labute approximate surface area is 105 Å². The van der Waals surface area contributed by atoms with Crippen LogP contribution in [0, 0.1) is 11.8 Å². The molecule has 3 N–H and O–H groups in total. The highest BCUT2D eigenvalue weighted by Gasteiger charge is 2.31. The van der Waals surface area contributed by atoms with Crippen molar-refractivity contribution in [1.82, 2.24) is 5.32 Å². The highest BCUT2D eigenvalue weighted by Crippen LogP contribution is 2.36. The zero-order valence-electron chi connectivity index (χ0n) is 11.7. The molecule has 1 rings (SSSR count). The molecule has 0 spiro atoms. The molecule has 0 amide bonds. The van der Waals surface area contributed by atoms with Crippen molar-refractivity contribution in [3.63, 3.8) is 0 Å². The van der Waals surface area contributed by atoms with Crippen molar-refractivity contribution in [2.45, 2.75) is 44.9 Å². The Morgan fingerprint density at radius 3 is 2.35 bits per heavy atom. The molecule has 1 aliphatic rings. The molecule has 0 aromatic heterocycles. The van der Waals surface area contributed by atoms with Gasteiger partial charge in [0.25, 0.3) is 0 Å². The number of hydrogen-bond donors (Lipinski definition) is 2. The van der Waals surface area contributed by atoms with E-state index in [-0.39, 0.29) is 11.8 Å². The highest BCUT2D eigenvalue weighted by atomic mass is 16.7. The van der Waals surface area contributed by atoms with Gasteiger partial charge in [-0.3, -0.25) is 0 Å². The van der Waals surface area contributed by atoms with Gasteiger partial charge in [-0.2, -0.15) is 0 Å². The van der Waals surface area contributed by atoms with Crippen molar-refractivity contribution in [1.29, 1.82) is 0 Å². The van der Waals surface area contributed by atoms with E-state index in [0.29, 0.717) is 6.54 Å². The van der Waals surface area contributed by atoms with E-state index < -0.39 is 0 Å². The second-order valence-electron chi connectivity index (χ2n) is 5.57. The van der Waals surface area contributed by atoms with Crippen molar-refractivity contribution >= 4 is 0 Å². The van der Waals surface area contributed by atoms with Crippen molar-refractivity contribution in [2.24, 2.45) is 17.6 Å². The molecular formula is C13H28N2O2. The van der Waals surface area contributed by atoms with Gasteiger partial charge in [-0.15, -0.1) is 0 Å². The van der Waals surface area contributed by atoms with Gasteiger partial charge >= 0.3 is 0 Å². The van der Waals surface area contributed by atoms with Crippen molar-refractivity contribution < 1.29 is 9.47 Å². The standard InChI is InChI=1S/C13H28N2O2/c1-10(11-5-6-11)8-15-13(2,9-14)7-12(16-3)17-4/h10-12,15H,5-9,14H2,1-4H3. The van der Waals surface area contributed by atoms with Crippen molar-refractivity contribution in [3.05, 3.63) is 0 Å². The van der Waals surface area contributed by atoms with E-state index in [0.717, 1.165) is 24.8 Å². The Hall–Kier alpha value is -0.160. The Kier molecular flexibility index (Phi) is 5.86. The van der Waals surface area contributed by atoms with Gasteiger partial charge in [0.1, 0.15) is 0 Å². The van der Waals surface area contributed by atoms with E-state index in [1.165, 1.54) is 12.8 Å². The number of hydrogen-bond acceptors (Lipinski definition) is 4. The molecule has 1 fully saturated rings. The summed E-state index contributed by atoms with van der Waals surface area (Å²) in [5, 5.41) is 3.58. The number of nitrogens with one attached hydrogen (secondary N) is 1. The minimum Gasteiger partial charge on any atom is -0.356 e. The molecule has 4 nitrogen and oxygen atoms in total. The lowest BCUT2D eigenvalue weighted by atomic mass is 9.95. The van der Waals surface area contributed by atoms with Crippen molar-refractivity contribution in [2.75, 3.05) is 27.3 Å². The van der Waals surface area contributed by atoms with Crippen LogP contribution in [-0.2, 0) is 9.47 Å². The normalized spacial score (nSPS) is 21.5. The molecule has 0 aromatic carbocycles. The average molecular weight is 244 g/mol. The van der Waals surface area contributed by atoms with Crippen LogP contribution in [-0.4, -0.2) is 39.1 Å². The predicted octanol–water partition coefficient (Wildman–Crippen LogP) is 1.35. The maximum absolute atomic E-state index is 5.87. The van der Waals surface area contributed by atoms with Crippen LogP contribution in [0.1, 0.15) is 33.1 Å². The largest absolute Gasteiger partial charge is 0.356 e. The molecule has 1 aliphatic carbocycles. The second kappa shape index (κ2) is 6.69. The molecule has 102 valence electrons. The molecule has 0 aliphatic heterocycles. The Morgan fingerprint density at radius 2 is 1.94 bits per heavy atom. The third kappa shape index (κ3) is 4.92. The summed E-state index contributed by atoms with van der Waals surface area (Å²) in [6, 6.07) is 0. The van der Waals surface area contributed by atoms with E-state index in [9.17, 15) is 0 Å². The van der Waals surface area contributed by atoms with Gasteiger partial charge in [-0.05, 0) is 38.1 Å². The Morgan fingerprint density at radius 1 is 1.35 bits per heavy atom. The fourth-order valence-corrected chi connectivity index (χ4v) is 2.10. The fraction of sp³-hybridized carbons (Fsp3) is 1.00. The summed E-state index contributed by atoms with van der Waals surface area (Å²) in [4.78, 5) is 0. The average Bonchev–Trinajstić information content (AvgIpc) is 3.17. The lowest BCUT2D eigenvalue weighted by molar-refractivity contribution is -0.117. The summed E-state index contributed by atoms with van der Waals surface area (Å²) in [6.45, 7) is 6.06. The summed E-state index contributed by atoms with van der Waals surface area (Å²) in [6.07, 6.45) is 3.36. The molecule has 0 saturated heterocycles. The number of ether oxygens (including phenoxy) is 2. The molecule has 0 aromatic rings. The third-order valence-corrected chi connectivity index (χ3v) is 3.87. The van der Waals surface area contributed by atoms with Gasteiger partial charge in [0.05, 0.1) is 0 Å². The maximum Gasteiger partial charge on any atom is 0.158 e. The van der Waals surface area contributed by atoms with Crippen LogP contribution in [0.15, 0.2) is 0 Å². The first kappa shape index (κ1) is 14.9. The lowest BCUT2D eigenvalue weighted by Crippen LogP contribution is -2.52. The first-order valence-electron chi connectivity index (χ1n) is 6.55. The van der Waals surface area contributed by atoms with Crippen LogP contribution in [0.3, 0.4) is 0 Å². The zero-order chi connectivity index (χ0) is 12.9. The number of rotatable bonds is 9. The van der Waals surface area contributed by atoms with Crippen LogP contribution in [0.2, 0.25) is 0 Å². The lowest BCUT2D eigenvalue weighted by Gasteiger charge is -2.33. The van der Waals surface area contributed by atoms with Crippen LogP contribution in [0.25, 0.3) is 0 Å². The van der Waals surface area contributed by atoms with E-state index in [1.54, 1.807) is 14.2 Å². The molecule has 0 heterocycles. The summed E-state index contributed by atoms with van der Waals surface area (Å²) in [5.41, 5.74) is 5.76. The fourth-order valence-electron chi connectivity index (χ4n) is 2.10. The summed E-state index contributed by atoms with van der Waals surface area (Å²) < 4.78 is 10.5. The van der Waals surface area contributed by atoms with Crippen LogP contribution >= 0.6 is 0 Å². The second-order valence-corrected chi connectivity index (χ2v) is 5.57. The van der Waals surface area contributed by atoms with E-state index in [1.807, 2.05) is 0 Å². The maximum atomic E-state index is 5.87. The number of methoxy groups -OCH3 is 2.